The van der Waals surface area contributed by atoms with Crippen molar-refractivity contribution < 1.29 is 14.6 Å². The Kier molecular flexibility index (Phi) is 5.83. The van der Waals surface area contributed by atoms with Crippen LogP contribution >= 0.6 is 0 Å². The van der Waals surface area contributed by atoms with Crippen LogP contribution in [0.1, 0.15) is 53.1 Å². The zero-order valence-electron chi connectivity index (χ0n) is 14.4. The molecule has 1 amide bonds. The monoisotopic (exact) mass is 308 g/mol. The van der Waals surface area contributed by atoms with E-state index < -0.39 is 17.2 Å². The Balaban J connectivity index is 2.55. The van der Waals surface area contributed by atoms with Crippen molar-refractivity contribution in [3.8, 4) is 5.75 Å². The van der Waals surface area contributed by atoms with E-state index in [4.69, 9.17) is 4.74 Å². The molecule has 1 aromatic carbocycles. The van der Waals surface area contributed by atoms with Crippen LogP contribution in [0.5, 0.6) is 5.75 Å². The Labute approximate surface area is 133 Å². The number of carbonyl (C=O) groups excluding carboxylic acids is 1. The third-order valence-corrected chi connectivity index (χ3v) is 3.09. The lowest BCUT2D eigenvalue weighted by atomic mass is 10.0. The second-order valence-electron chi connectivity index (χ2n) is 7.17. The second-order valence-corrected chi connectivity index (χ2v) is 7.17. The summed E-state index contributed by atoms with van der Waals surface area (Å²) in [5.74, 6) is 0.264. The molecule has 0 aliphatic carbocycles. The van der Waals surface area contributed by atoms with E-state index in [2.05, 4.69) is 10.6 Å². The van der Waals surface area contributed by atoms with Crippen LogP contribution in [-0.2, 0) is 4.74 Å². The molecule has 22 heavy (non-hydrogen) atoms. The number of para-hydroxylation sites is 1. The summed E-state index contributed by atoms with van der Waals surface area (Å²) in [4.78, 5) is 11.8. The minimum absolute atomic E-state index is 0.0269. The summed E-state index contributed by atoms with van der Waals surface area (Å²) in [6.45, 7) is 11.8. The number of aromatic hydroxyl groups is 1. The first-order valence-electron chi connectivity index (χ1n) is 7.53. The lowest BCUT2D eigenvalue weighted by Crippen LogP contribution is -2.51. The van der Waals surface area contributed by atoms with Gasteiger partial charge < -0.3 is 20.5 Å². The first-order valence-corrected chi connectivity index (χ1v) is 7.53. The van der Waals surface area contributed by atoms with Gasteiger partial charge in [-0.3, -0.25) is 0 Å². The van der Waals surface area contributed by atoms with Gasteiger partial charge in [0.2, 0.25) is 0 Å². The maximum atomic E-state index is 11.8. The van der Waals surface area contributed by atoms with E-state index in [1.807, 2.05) is 53.7 Å². The molecule has 0 radical (unpaired) electrons. The number of ether oxygens (including phenoxy) is 1. The summed E-state index contributed by atoms with van der Waals surface area (Å²) in [5, 5.41) is 16.0. The number of hydrogen-bond acceptors (Lipinski definition) is 4. The van der Waals surface area contributed by atoms with Gasteiger partial charge in [-0.2, -0.15) is 0 Å². The number of hydrogen-bond donors (Lipinski definition) is 3. The number of carbonyl (C=O) groups is 1. The van der Waals surface area contributed by atoms with Crippen LogP contribution < -0.4 is 10.6 Å². The maximum Gasteiger partial charge on any atom is 0.408 e. The van der Waals surface area contributed by atoms with Gasteiger partial charge in [-0.15, -0.1) is 0 Å². The molecule has 0 saturated heterocycles. The van der Waals surface area contributed by atoms with Gasteiger partial charge in [-0.05, 0) is 47.6 Å². The van der Waals surface area contributed by atoms with E-state index in [0.29, 0.717) is 6.54 Å². The minimum atomic E-state index is -0.517. The van der Waals surface area contributed by atoms with E-state index in [1.54, 1.807) is 12.1 Å². The fraction of sp³-hybridized carbons (Fsp3) is 0.588. The predicted octanol–water partition coefficient (Wildman–Crippen LogP) is 3.35. The molecule has 0 bridgehead atoms. The first kappa shape index (κ1) is 18.3. The molecule has 0 saturated carbocycles. The van der Waals surface area contributed by atoms with Crippen molar-refractivity contribution in [2.45, 2.75) is 58.7 Å². The summed E-state index contributed by atoms with van der Waals surface area (Å²) in [5.41, 5.74) is -0.159. The summed E-state index contributed by atoms with van der Waals surface area (Å²) < 4.78 is 5.27. The van der Waals surface area contributed by atoms with Gasteiger partial charge in [0.05, 0.1) is 5.54 Å². The van der Waals surface area contributed by atoms with Gasteiger partial charge in [0, 0.05) is 18.2 Å². The van der Waals surface area contributed by atoms with Gasteiger partial charge >= 0.3 is 6.09 Å². The third kappa shape index (κ3) is 6.35. The number of rotatable bonds is 5. The molecule has 124 valence electrons. The zero-order valence-corrected chi connectivity index (χ0v) is 14.4. The average Bonchev–Trinajstić information content (AvgIpc) is 2.33. The number of alkyl carbamates (subject to hydrolysis) is 1. The highest BCUT2D eigenvalue weighted by Crippen LogP contribution is 2.23. The van der Waals surface area contributed by atoms with Crippen LogP contribution in [0.4, 0.5) is 4.79 Å². The topological polar surface area (TPSA) is 70.6 Å². The van der Waals surface area contributed by atoms with Crippen LogP contribution in [0.2, 0.25) is 0 Å². The quantitative estimate of drug-likeness (QED) is 0.780. The fourth-order valence-electron chi connectivity index (χ4n) is 2.00. The van der Waals surface area contributed by atoms with Gasteiger partial charge in [-0.25, -0.2) is 4.79 Å². The molecule has 0 spiro atoms. The largest absolute Gasteiger partial charge is 0.508 e. The molecule has 5 nitrogen and oxygen atoms in total. The Morgan fingerprint density at radius 3 is 2.36 bits per heavy atom. The SMILES string of the molecule is CC(NCC(C)(C)NC(=O)OC(C)(C)C)c1ccccc1O. The predicted molar refractivity (Wildman–Crippen MR) is 88.0 cm³/mol. The smallest absolute Gasteiger partial charge is 0.408 e. The van der Waals surface area contributed by atoms with Crippen molar-refractivity contribution in [3.63, 3.8) is 0 Å². The number of amides is 1. The first-order chi connectivity index (χ1) is 10.0. The van der Waals surface area contributed by atoms with Crippen molar-refractivity contribution in [2.24, 2.45) is 0 Å². The van der Waals surface area contributed by atoms with Gasteiger partial charge in [0.1, 0.15) is 11.4 Å². The standard InChI is InChI=1S/C17H28N2O3/c1-12(13-9-7-8-10-14(13)20)18-11-17(5,6)19-15(21)22-16(2,3)4/h7-10,12,18,20H,11H2,1-6H3,(H,19,21). The van der Waals surface area contributed by atoms with Gasteiger partial charge in [-0.1, -0.05) is 18.2 Å². The lowest BCUT2D eigenvalue weighted by molar-refractivity contribution is 0.0471. The lowest BCUT2D eigenvalue weighted by Gasteiger charge is -2.30. The molecule has 0 aliphatic rings. The fourth-order valence-corrected chi connectivity index (χ4v) is 2.00. The highest BCUT2D eigenvalue weighted by Gasteiger charge is 2.25. The zero-order chi connectivity index (χ0) is 17.0. The van der Waals surface area contributed by atoms with Crippen molar-refractivity contribution in [1.29, 1.82) is 0 Å². The molecule has 0 aromatic heterocycles. The molecule has 1 rings (SSSR count). The Morgan fingerprint density at radius 2 is 1.82 bits per heavy atom. The van der Waals surface area contributed by atoms with E-state index in [9.17, 15) is 9.90 Å². The van der Waals surface area contributed by atoms with Crippen molar-refractivity contribution in [3.05, 3.63) is 29.8 Å². The highest BCUT2D eigenvalue weighted by atomic mass is 16.6. The van der Waals surface area contributed by atoms with Crippen LogP contribution in [0, 0.1) is 0 Å². The molecule has 1 unspecified atom stereocenters. The minimum Gasteiger partial charge on any atom is -0.508 e. The summed E-state index contributed by atoms with van der Waals surface area (Å²) in [6, 6.07) is 7.19. The number of phenols is 1. The van der Waals surface area contributed by atoms with Crippen molar-refractivity contribution in [1.82, 2.24) is 10.6 Å². The van der Waals surface area contributed by atoms with E-state index in [0.717, 1.165) is 5.56 Å². The molecular formula is C17H28N2O3. The number of nitrogens with one attached hydrogen (secondary N) is 2. The molecule has 1 atom stereocenters. The van der Waals surface area contributed by atoms with E-state index in [1.165, 1.54) is 0 Å². The Hall–Kier alpha value is -1.75. The van der Waals surface area contributed by atoms with Crippen LogP contribution in [0.25, 0.3) is 0 Å². The highest BCUT2D eigenvalue weighted by molar-refractivity contribution is 5.68. The van der Waals surface area contributed by atoms with E-state index >= 15 is 0 Å². The molecule has 3 N–H and O–H groups in total. The molecule has 1 aromatic rings. The average molecular weight is 308 g/mol. The van der Waals surface area contributed by atoms with Gasteiger partial charge in [0.15, 0.2) is 0 Å². The molecule has 0 aliphatic heterocycles. The number of phenolic OH excluding ortho intramolecular Hbond substituents is 1. The summed E-state index contributed by atoms with van der Waals surface area (Å²) >= 11 is 0. The van der Waals surface area contributed by atoms with Crippen LogP contribution in [0.15, 0.2) is 24.3 Å². The van der Waals surface area contributed by atoms with Crippen molar-refractivity contribution >= 4 is 6.09 Å². The van der Waals surface area contributed by atoms with Gasteiger partial charge in [0.25, 0.3) is 0 Å². The summed E-state index contributed by atoms with van der Waals surface area (Å²) in [7, 11) is 0. The maximum absolute atomic E-state index is 11.8. The molecular weight excluding hydrogens is 280 g/mol. The molecule has 5 heteroatoms. The third-order valence-electron chi connectivity index (χ3n) is 3.09. The van der Waals surface area contributed by atoms with Crippen molar-refractivity contribution in [2.75, 3.05) is 6.54 Å². The Bertz CT molecular complexity index is 507. The number of benzene rings is 1. The van der Waals surface area contributed by atoms with Crippen LogP contribution in [-0.4, -0.2) is 28.9 Å². The van der Waals surface area contributed by atoms with E-state index in [-0.39, 0.29) is 11.8 Å². The van der Waals surface area contributed by atoms with Crippen LogP contribution in [0.3, 0.4) is 0 Å². The molecule has 0 fully saturated rings. The molecule has 0 heterocycles. The second kappa shape index (κ2) is 7.01. The summed E-state index contributed by atoms with van der Waals surface area (Å²) in [6.07, 6.45) is -0.436. The Morgan fingerprint density at radius 1 is 1.23 bits per heavy atom. The normalized spacial score (nSPS) is 13.5.